The van der Waals surface area contributed by atoms with E-state index < -0.39 is 5.82 Å². The molecule has 0 saturated carbocycles. The molecule has 166 valence electrons. The zero-order valence-corrected chi connectivity index (χ0v) is 18.3. The van der Waals surface area contributed by atoms with Crippen molar-refractivity contribution in [1.82, 2.24) is 14.9 Å². The average molecular weight is 442 g/mol. The van der Waals surface area contributed by atoms with Crippen molar-refractivity contribution in [3.63, 3.8) is 0 Å². The van der Waals surface area contributed by atoms with E-state index in [-0.39, 0.29) is 22.0 Å². The van der Waals surface area contributed by atoms with Gasteiger partial charge in [0.2, 0.25) is 0 Å². The lowest BCUT2D eigenvalue weighted by molar-refractivity contribution is 0.250. The van der Waals surface area contributed by atoms with E-state index in [0.717, 1.165) is 36.6 Å². The summed E-state index contributed by atoms with van der Waals surface area (Å²) >= 11 is 0. The van der Waals surface area contributed by atoms with Gasteiger partial charge in [-0.05, 0) is 61.7 Å². The molecule has 0 unspecified atom stereocenters. The lowest BCUT2D eigenvalue weighted by atomic mass is 10.1. The highest BCUT2D eigenvalue weighted by molar-refractivity contribution is 5.79. The molecule has 4 aromatic rings. The zero-order valence-electron chi connectivity index (χ0n) is 18.3. The van der Waals surface area contributed by atoms with Crippen molar-refractivity contribution in [2.45, 2.75) is 32.9 Å². The maximum absolute atomic E-state index is 14.2. The molecule has 0 atom stereocenters. The summed E-state index contributed by atoms with van der Waals surface area (Å²) < 4.78 is 20.0. The summed E-state index contributed by atoms with van der Waals surface area (Å²) in [6.07, 6.45) is 8.86. The monoisotopic (exact) mass is 442 g/mol. The Balaban J connectivity index is 1.61. The molecule has 0 aliphatic carbocycles. The van der Waals surface area contributed by atoms with Crippen molar-refractivity contribution in [3.8, 4) is 6.07 Å². The highest BCUT2D eigenvalue weighted by atomic mass is 19.1. The van der Waals surface area contributed by atoms with E-state index in [0.29, 0.717) is 24.4 Å². The number of aromatic nitrogens is 2. The fraction of sp³-hybridized carbons (Fsp3) is 0.231. The topological polar surface area (TPSA) is 83.0 Å². The molecule has 6 nitrogen and oxygen atoms in total. The van der Waals surface area contributed by atoms with E-state index in [1.54, 1.807) is 31.6 Å². The Morgan fingerprint density at radius 3 is 2.64 bits per heavy atom. The van der Waals surface area contributed by atoms with Gasteiger partial charge in [-0.25, -0.2) is 4.39 Å². The van der Waals surface area contributed by atoms with Crippen molar-refractivity contribution < 1.29 is 8.81 Å². The highest BCUT2D eigenvalue weighted by Gasteiger charge is 2.18. The molecular weight excluding hydrogens is 419 g/mol. The van der Waals surface area contributed by atoms with Crippen molar-refractivity contribution in [2.75, 3.05) is 6.54 Å². The number of nitriles is 1. The summed E-state index contributed by atoms with van der Waals surface area (Å²) in [5.74, 6) is -0.257. The van der Waals surface area contributed by atoms with Crippen LogP contribution in [0.3, 0.4) is 0 Å². The first kappa shape index (κ1) is 22.3. The number of hydrogen-bond donors (Lipinski definition) is 0. The number of halogens is 1. The average Bonchev–Trinajstić information content (AvgIpc) is 2.83. The second-order valence-corrected chi connectivity index (χ2v) is 7.94. The van der Waals surface area contributed by atoms with Crippen LogP contribution in [0.15, 0.2) is 70.4 Å². The van der Waals surface area contributed by atoms with Crippen LogP contribution in [0.4, 0.5) is 4.39 Å². The fourth-order valence-corrected chi connectivity index (χ4v) is 3.87. The number of pyridine rings is 2. The van der Waals surface area contributed by atoms with Crippen molar-refractivity contribution in [2.24, 2.45) is 0 Å². The van der Waals surface area contributed by atoms with Gasteiger partial charge in [0.1, 0.15) is 23.2 Å². The van der Waals surface area contributed by atoms with Gasteiger partial charge in [0.25, 0.3) is 0 Å². The lowest BCUT2D eigenvalue weighted by Crippen LogP contribution is -2.28. The van der Waals surface area contributed by atoms with E-state index in [1.807, 2.05) is 30.5 Å². The summed E-state index contributed by atoms with van der Waals surface area (Å²) in [5.41, 5.74) is 2.53. The highest BCUT2D eigenvalue weighted by Crippen LogP contribution is 2.21. The normalized spacial score (nSPS) is 11.1. The minimum absolute atomic E-state index is 0.145. The van der Waals surface area contributed by atoms with E-state index in [1.165, 1.54) is 6.07 Å². The lowest BCUT2D eigenvalue weighted by Gasteiger charge is -2.23. The molecule has 0 fully saturated rings. The number of aryl methyl sites for hydroxylation is 2. The van der Waals surface area contributed by atoms with Crippen LogP contribution in [-0.2, 0) is 19.5 Å². The van der Waals surface area contributed by atoms with Gasteiger partial charge in [0.15, 0.2) is 5.43 Å². The van der Waals surface area contributed by atoms with E-state index in [2.05, 4.69) is 14.9 Å². The molecular formula is C26H23FN4O2. The maximum atomic E-state index is 14.2. The molecule has 3 aromatic heterocycles. The Bertz CT molecular complexity index is 1350. The number of rotatable bonds is 8. The first-order chi connectivity index (χ1) is 16.0. The fourth-order valence-electron chi connectivity index (χ4n) is 3.87. The molecule has 0 aliphatic rings. The predicted molar refractivity (Wildman–Crippen MR) is 123 cm³/mol. The first-order valence-electron chi connectivity index (χ1n) is 10.7. The Morgan fingerprint density at radius 1 is 1.09 bits per heavy atom. The molecule has 0 spiro atoms. The summed E-state index contributed by atoms with van der Waals surface area (Å²) in [5, 5.41) is 9.21. The van der Waals surface area contributed by atoms with Gasteiger partial charge in [-0.2, -0.15) is 5.26 Å². The molecule has 4 rings (SSSR count). The minimum atomic E-state index is -0.725. The van der Waals surface area contributed by atoms with Gasteiger partial charge < -0.3 is 4.42 Å². The van der Waals surface area contributed by atoms with E-state index in [4.69, 9.17) is 9.68 Å². The Labute approximate surface area is 191 Å². The van der Waals surface area contributed by atoms with Gasteiger partial charge in [-0.3, -0.25) is 19.7 Å². The third-order valence-corrected chi connectivity index (χ3v) is 5.60. The van der Waals surface area contributed by atoms with Crippen LogP contribution in [0.1, 0.15) is 34.4 Å². The molecule has 33 heavy (non-hydrogen) atoms. The van der Waals surface area contributed by atoms with Gasteiger partial charge >= 0.3 is 0 Å². The number of nitrogens with zero attached hydrogens (tertiary/aromatic N) is 4. The van der Waals surface area contributed by atoms with Crippen molar-refractivity contribution in [1.29, 1.82) is 5.26 Å². The summed E-state index contributed by atoms with van der Waals surface area (Å²) in [4.78, 5) is 23.6. The minimum Gasteiger partial charge on any atom is -0.461 e. The second-order valence-electron chi connectivity index (χ2n) is 7.94. The van der Waals surface area contributed by atoms with Crippen LogP contribution in [-0.4, -0.2) is 21.4 Å². The second kappa shape index (κ2) is 10.2. The largest absolute Gasteiger partial charge is 0.461 e. The van der Waals surface area contributed by atoms with Crippen LogP contribution in [0, 0.1) is 24.1 Å². The molecule has 0 aliphatic heterocycles. The van der Waals surface area contributed by atoms with E-state index >= 15 is 0 Å². The van der Waals surface area contributed by atoms with Crippen LogP contribution in [0.2, 0.25) is 0 Å². The smallest absolute Gasteiger partial charge is 0.197 e. The van der Waals surface area contributed by atoms with Crippen LogP contribution < -0.4 is 5.43 Å². The maximum Gasteiger partial charge on any atom is 0.197 e. The van der Waals surface area contributed by atoms with E-state index in [9.17, 15) is 9.18 Å². The van der Waals surface area contributed by atoms with Gasteiger partial charge in [-0.15, -0.1) is 0 Å². The van der Waals surface area contributed by atoms with Crippen molar-refractivity contribution in [3.05, 3.63) is 105 Å². The summed E-state index contributed by atoms with van der Waals surface area (Å²) in [7, 11) is 0. The van der Waals surface area contributed by atoms with Gasteiger partial charge in [0, 0.05) is 43.9 Å². The van der Waals surface area contributed by atoms with Crippen LogP contribution in [0.5, 0.6) is 0 Å². The Morgan fingerprint density at radius 2 is 1.91 bits per heavy atom. The molecule has 7 heteroatoms. The third-order valence-electron chi connectivity index (χ3n) is 5.60. The number of benzene rings is 1. The number of fused-ring (bicyclic) bond motifs is 1. The molecule has 1 aromatic carbocycles. The third kappa shape index (κ3) is 5.30. The molecule has 0 N–H and O–H groups in total. The molecule has 0 radical (unpaired) electrons. The quantitative estimate of drug-likeness (QED) is 0.399. The predicted octanol–water partition coefficient (Wildman–Crippen LogP) is 4.54. The SMILES string of the molecule is Cc1oc2cc(C#N)c(F)cc2c(=O)c1CN(CCCc1cccnc1)Cc1ccncc1. The van der Waals surface area contributed by atoms with Crippen LogP contribution in [0.25, 0.3) is 11.0 Å². The van der Waals surface area contributed by atoms with Gasteiger partial charge in [-0.1, -0.05) is 6.07 Å². The molecule has 0 amide bonds. The Kier molecular flexibility index (Phi) is 6.86. The molecule has 0 saturated heterocycles. The zero-order chi connectivity index (χ0) is 23.2. The summed E-state index contributed by atoms with van der Waals surface area (Å²) in [6, 6.07) is 12.0. The number of hydrogen-bond acceptors (Lipinski definition) is 6. The molecule has 0 bridgehead atoms. The van der Waals surface area contributed by atoms with Crippen LogP contribution >= 0.6 is 0 Å². The van der Waals surface area contributed by atoms with Crippen molar-refractivity contribution >= 4 is 11.0 Å². The van der Waals surface area contributed by atoms with Gasteiger partial charge in [0.05, 0.1) is 16.5 Å². The standard InChI is InChI=1S/C26H23FN4O2/c1-18-23(26(32)22-13-24(27)21(14-28)12-25(22)33-18)17-31(16-20-6-9-29-10-7-20)11-3-5-19-4-2-8-30-15-19/h2,4,6-10,12-13,15H,3,5,11,16-17H2,1H3. The summed E-state index contributed by atoms with van der Waals surface area (Å²) in [6.45, 7) is 3.47. The first-order valence-corrected chi connectivity index (χ1v) is 10.7. The Hall–Kier alpha value is -3.89. The molecule has 3 heterocycles.